The van der Waals surface area contributed by atoms with Crippen molar-refractivity contribution in [2.24, 2.45) is 0 Å². The molecular formula is C11H11FN2. The Kier molecular flexibility index (Phi) is 2.12. The van der Waals surface area contributed by atoms with E-state index in [9.17, 15) is 4.39 Å². The SMILES string of the molecule is CN1c2ccc(F)cc2CC1CC#N. The molecule has 0 saturated carbocycles. The number of benzene rings is 1. The summed E-state index contributed by atoms with van der Waals surface area (Å²) in [5.41, 5.74) is 2.06. The van der Waals surface area contributed by atoms with Crippen LogP contribution in [0.1, 0.15) is 12.0 Å². The van der Waals surface area contributed by atoms with E-state index in [1.165, 1.54) is 6.07 Å². The molecule has 0 bridgehead atoms. The molecule has 1 aliphatic heterocycles. The Balaban J connectivity index is 2.32. The van der Waals surface area contributed by atoms with E-state index in [2.05, 4.69) is 11.0 Å². The minimum Gasteiger partial charge on any atom is -0.370 e. The second kappa shape index (κ2) is 3.30. The summed E-state index contributed by atoms with van der Waals surface area (Å²) in [5, 5.41) is 8.63. The third-order valence-corrected chi connectivity index (χ3v) is 2.75. The first kappa shape index (κ1) is 9.01. The number of hydrogen-bond acceptors (Lipinski definition) is 2. The zero-order valence-electron chi connectivity index (χ0n) is 8.00. The maximum Gasteiger partial charge on any atom is 0.123 e. The van der Waals surface area contributed by atoms with Crippen LogP contribution in [0, 0.1) is 17.1 Å². The number of nitrogens with zero attached hydrogens (tertiary/aromatic N) is 2. The molecule has 2 nitrogen and oxygen atoms in total. The molecule has 2 rings (SSSR count). The lowest BCUT2D eigenvalue weighted by molar-refractivity contribution is 0.625. The summed E-state index contributed by atoms with van der Waals surface area (Å²) >= 11 is 0. The van der Waals surface area contributed by atoms with Gasteiger partial charge in [0.2, 0.25) is 0 Å². The summed E-state index contributed by atoms with van der Waals surface area (Å²) in [4.78, 5) is 2.05. The van der Waals surface area contributed by atoms with Gasteiger partial charge in [0.25, 0.3) is 0 Å². The van der Waals surface area contributed by atoms with Gasteiger partial charge in [-0.2, -0.15) is 5.26 Å². The van der Waals surface area contributed by atoms with Crippen LogP contribution in [0.3, 0.4) is 0 Å². The number of nitriles is 1. The number of rotatable bonds is 1. The number of halogens is 1. The van der Waals surface area contributed by atoms with Crippen molar-refractivity contribution in [2.45, 2.75) is 18.9 Å². The van der Waals surface area contributed by atoms with Crippen LogP contribution in [0.2, 0.25) is 0 Å². The lowest BCUT2D eigenvalue weighted by Crippen LogP contribution is -2.26. The van der Waals surface area contributed by atoms with E-state index >= 15 is 0 Å². The van der Waals surface area contributed by atoms with Crippen molar-refractivity contribution in [1.29, 1.82) is 5.26 Å². The fourth-order valence-electron chi connectivity index (χ4n) is 1.96. The summed E-state index contributed by atoms with van der Waals surface area (Å²) in [7, 11) is 1.95. The van der Waals surface area contributed by atoms with Crippen LogP contribution in [0.25, 0.3) is 0 Å². The van der Waals surface area contributed by atoms with Crippen molar-refractivity contribution >= 4 is 5.69 Å². The quantitative estimate of drug-likeness (QED) is 0.678. The minimum atomic E-state index is -0.199. The van der Waals surface area contributed by atoms with Crippen LogP contribution in [0.15, 0.2) is 18.2 Å². The molecule has 0 fully saturated rings. The molecule has 1 aromatic rings. The van der Waals surface area contributed by atoms with Gasteiger partial charge in [-0.25, -0.2) is 4.39 Å². The Morgan fingerprint density at radius 3 is 3.14 bits per heavy atom. The van der Waals surface area contributed by atoms with Gasteiger partial charge in [-0.1, -0.05) is 0 Å². The third kappa shape index (κ3) is 1.33. The van der Waals surface area contributed by atoms with E-state index in [-0.39, 0.29) is 11.9 Å². The summed E-state index contributed by atoms with van der Waals surface area (Å²) in [6.07, 6.45) is 1.27. The monoisotopic (exact) mass is 190 g/mol. The van der Waals surface area contributed by atoms with Gasteiger partial charge in [0.05, 0.1) is 12.5 Å². The molecule has 1 unspecified atom stereocenters. The predicted octanol–water partition coefficient (Wildman–Crippen LogP) is 2.10. The summed E-state index contributed by atoms with van der Waals surface area (Å²) < 4.78 is 12.9. The van der Waals surface area contributed by atoms with E-state index in [4.69, 9.17) is 5.26 Å². The molecule has 0 N–H and O–H groups in total. The first-order valence-electron chi connectivity index (χ1n) is 4.60. The van der Waals surface area contributed by atoms with Gasteiger partial charge < -0.3 is 4.90 Å². The Morgan fingerprint density at radius 1 is 1.64 bits per heavy atom. The molecule has 1 atom stereocenters. The summed E-state index contributed by atoms with van der Waals surface area (Å²) in [6, 6.07) is 7.16. The highest BCUT2D eigenvalue weighted by atomic mass is 19.1. The molecule has 1 aliphatic rings. The van der Waals surface area contributed by atoms with Crippen molar-refractivity contribution < 1.29 is 4.39 Å². The highest BCUT2D eigenvalue weighted by molar-refractivity contribution is 5.59. The minimum absolute atomic E-state index is 0.199. The molecule has 0 radical (unpaired) electrons. The van der Waals surface area contributed by atoms with Crippen molar-refractivity contribution in [3.05, 3.63) is 29.6 Å². The summed E-state index contributed by atoms with van der Waals surface area (Å²) in [6.45, 7) is 0. The number of anilines is 1. The number of fused-ring (bicyclic) bond motifs is 1. The van der Waals surface area contributed by atoms with E-state index in [1.54, 1.807) is 12.1 Å². The standard InChI is InChI=1S/C11H11FN2/c1-14-10(4-5-13)7-8-6-9(12)2-3-11(8)14/h2-3,6,10H,4,7H2,1H3. The second-order valence-electron chi connectivity index (χ2n) is 3.60. The van der Waals surface area contributed by atoms with Crippen molar-refractivity contribution in [2.75, 3.05) is 11.9 Å². The highest BCUT2D eigenvalue weighted by Gasteiger charge is 2.26. The Labute approximate surface area is 82.6 Å². The molecule has 3 heteroatoms. The van der Waals surface area contributed by atoms with Gasteiger partial charge in [0.1, 0.15) is 5.82 Å². The molecule has 1 aromatic carbocycles. The number of hydrogen-bond donors (Lipinski definition) is 0. The third-order valence-electron chi connectivity index (χ3n) is 2.75. The smallest absolute Gasteiger partial charge is 0.123 e. The largest absolute Gasteiger partial charge is 0.370 e. The fourth-order valence-corrected chi connectivity index (χ4v) is 1.96. The molecule has 0 aromatic heterocycles. The van der Waals surface area contributed by atoms with Crippen LogP contribution in [0.4, 0.5) is 10.1 Å². The van der Waals surface area contributed by atoms with E-state index in [0.717, 1.165) is 17.7 Å². The number of likely N-dealkylation sites (N-methyl/N-ethyl adjacent to an activating group) is 1. The van der Waals surface area contributed by atoms with Crippen LogP contribution >= 0.6 is 0 Å². The summed E-state index contributed by atoms with van der Waals surface area (Å²) in [5.74, 6) is -0.199. The molecular weight excluding hydrogens is 179 g/mol. The molecule has 1 heterocycles. The predicted molar refractivity (Wildman–Crippen MR) is 52.5 cm³/mol. The van der Waals surface area contributed by atoms with Gasteiger partial charge in [0.15, 0.2) is 0 Å². The Hall–Kier alpha value is -1.56. The molecule has 0 saturated heterocycles. The molecule has 0 aliphatic carbocycles. The average molecular weight is 190 g/mol. The lowest BCUT2D eigenvalue weighted by Gasteiger charge is -2.19. The van der Waals surface area contributed by atoms with E-state index in [0.29, 0.717) is 6.42 Å². The maximum absolute atomic E-state index is 12.9. The van der Waals surface area contributed by atoms with Crippen molar-refractivity contribution in [3.63, 3.8) is 0 Å². The molecule has 72 valence electrons. The van der Waals surface area contributed by atoms with E-state index < -0.39 is 0 Å². The van der Waals surface area contributed by atoms with Gasteiger partial charge in [0, 0.05) is 18.8 Å². The fraction of sp³-hybridized carbons (Fsp3) is 0.364. The van der Waals surface area contributed by atoms with Gasteiger partial charge in [-0.05, 0) is 30.2 Å². The molecule has 0 amide bonds. The second-order valence-corrected chi connectivity index (χ2v) is 3.60. The van der Waals surface area contributed by atoms with Gasteiger partial charge in [-0.15, -0.1) is 0 Å². The zero-order chi connectivity index (χ0) is 10.1. The van der Waals surface area contributed by atoms with Crippen LogP contribution in [-0.4, -0.2) is 13.1 Å². The maximum atomic E-state index is 12.9. The van der Waals surface area contributed by atoms with Crippen LogP contribution in [0.5, 0.6) is 0 Å². The zero-order valence-corrected chi connectivity index (χ0v) is 8.00. The van der Waals surface area contributed by atoms with Crippen LogP contribution < -0.4 is 4.90 Å². The highest BCUT2D eigenvalue weighted by Crippen LogP contribution is 2.32. The van der Waals surface area contributed by atoms with Crippen molar-refractivity contribution in [3.8, 4) is 6.07 Å². The van der Waals surface area contributed by atoms with E-state index in [1.807, 2.05) is 7.05 Å². The van der Waals surface area contributed by atoms with Crippen LogP contribution in [-0.2, 0) is 6.42 Å². The first-order valence-corrected chi connectivity index (χ1v) is 4.60. The Morgan fingerprint density at radius 2 is 2.43 bits per heavy atom. The first-order chi connectivity index (χ1) is 6.72. The van der Waals surface area contributed by atoms with Crippen molar-refractivity contribution in [1.82, 2.24) is 0 Å². The van der Waals surface area contributed by atoms with Gasteiger partial charge in [-0.3, -0.25) is 0 Å². The molecule has 14 heavy (non-hydrogen) atoms. The van der Waals surface area contributed by atoms with Gasteiger partial charge >= 0.3 is 0 Å². The normalized spacial score (nSPS) is 19.2. The Bertz CT molecular complexity index is 395. The molecule has 0 spiro atoms. The lowest BCUT2D eigenvalue weighted by atomic mass is 10.1. The topological polar surface area (TPSA) is 27.0 Å². The average Bonchev–Trinajstić information content (AvgIpc) is 2.44.